The second-order valence-corrected chi connectivity index (χ2v) is 8.54. The second kappa shape index (κ2) is 10.4. The lowest BCUT2D eigenvalue weighted by Gasteiger charge is -2.14. The highest BCUT2D eigenvalue weighted by atomic mass is 32.2. The fourth-order valence-corrected chi connectivity index (χ4v) is 4.25. The van der Waals surface area contributed by atoms with Gasteiger partial charge in [0.25, 0.3) is 0 Å². The van der Waals surface area contributed by atoms with Gasteiger partial charge >= 0.3 is 0 Å². The summed E-state index contributed by atoms with van der Waals surface area (Å²) in [5, 5.41) is 12.3. The number of Topliss-reactive ketones (excluding diaryl/α,β-unsaturated/α-hetero) is 1. The Bertz CT molecular complexity index is 1330. The molecule has 1 amide bonds. The zero-order chi connectivity index (χ0) is 24.1. The first-order valence-corrected chi connectivity index (χ1v) is 11.6. The second-order valence-electron chi connectivity index (χ2n) is 7.60. The fourth-order valence-electron chi connectivity index (χ4n) is 3.51. The molecular formula is C26H24N4O3S. The fraction of sp³-hybridized carbons (Fsp3) is 0.154. The van der Waals surface area contributed by atoms with E-state index in [1.165, 1.54) is 18.7 Å². The number of nitrogens with zero attached hydrogens (tertiary/aromatic N) is 3. The van der Waals surface area contributed by atoms with E-state index in [2.05, 4.69) is 15.5 Å². The first-order chi connectivity index (χ1) is 16.5. The monoisotopic (exact) mass is 472 g/mol. The number of carbonyl (C=O) groups is 2. The quantitative estimate of drug-likeness (QED) is 0.281. The van der Waals surface area contributed by atoms with E-state index in [1.807, 2.05) is 60.0 Å². The molecule has 7 nitrogen and oxygen atoms in total. The summed E-state index contributed by atoms with van der Waals surface area (Å²) >= 11 is 1.29. The lowest BCUT2D eigenvalue weighted by molar-refractivity contribution is -0.113. The molecule has 4 rings (SSSR count). The van der Waals surface area contributed by atoms with Crippen LogP contribution in [0.2, 0.25) is 0 Å². The Hall–Kier alpha value is -3.91. The Morgan fingerprint density at radius 2 is 1.68 bits per heavy atom. The van der Waals surface area contributed by atoms with Crippen LogP contribution in [0.4, 0.5) is 5.69 Å². The predicted octanol–water partition coefficient (Wildman–Crippen LogP) is 5.18. The van der Waals surface area contributed by atoms with Gasteiger partial charge in [0.2, 0.25) is 5.91 Å². The topological polar surface area (TPSA) is 86.1 Å². The molecule has 0 atom stereocenters. The van der Waals surface area contributed by atoms with E-state index < -0.39 is 0 Å². The number of methoxy groups -OCH3 is 1. The first kappa shape index (κ1) is 23.3. The third-order valence-electron chi connectivity index (χ3n) is 5.25. The summed E-state index contributed by atoms with van der Waals surface area (Å²) in [5.74, 6) is 1.27. The van der Waals surface area contributed by atoms with Crippen LogP contribution in [0, 0.1) is 6.92 Å². The van der Waals surface area contributed by atoms with E-state index in [0.29, 0.717) is 28.0 Å². The molecule has 172 valence electrons. The van der Waals surface area contributed by atoms with Gasteiger partial charge in [-0.25, -0.2) is 0 Å². The maximum Gasteiger partial charge on any atom is 0.234 e. The van der Waals surface area contributed by atoms with Gasteiger partial charge in [0.15, 0.2) is 16.8 Å². The molecular weight excluding hydrogens is 448 g/mol. The van der Waals surface area contributed by atoms with E-state index in [0.717, 1.165) is 16.8 Å². The number of carbonyl (C=O) groups excluding carboxylic acids is 2. The lowest BCUT2D eigenvalue weighted by Crippen LogP contribution is -2.14. The standard InChI is InChI=1S/C26H24N4O3S/c1-17-8-4-5-9-21(17)25-28-29-26(30(25)22-10-6-7-11-23(22)33-3)34-16-24(32)27-20-14-12-19(13-15-20)18(2)31/h4-15H,16H2,1-3H3,(H,27,32). The van der Waals surface area contributed by atoms with Crippen LogP contribution in [-0.2, 0) is 4.79 Å². The number of amides is 1. The highest BCUT2D eigenvalue weighted by Gasteiger charge is 2.20. The van der Waals surface area contributed by atoms with Crippen molar-refractivity contribution >= 4 is 29.1 Å². The summed E-state index contributed by atoms with van der Waals surface area (Å²) in [4.78, 5) is 24.1. The van der Waals surface area contributed by atoms with Crippen LogP contribution in [0.5, 0.6) is 5.75 Å². The van der Waals surface area contributed by atoms with Crippen LogP contribution < -0.4 is 10.1 Å². The molecule has 0 spiro atoms. The molecule has 0 radical (unpaired) electrons. The van der Waals surface area contributed by atoms with Gasteiger partial charge < -0.3 is 10.1 Å². The highest BCUT2D eigenvalue weighted by Crippen LogP contribution is 2.33. The summed E-state index contributed by atoms with van der Waals surface area (Å²) in [5.41, 5.74) is 4.02. The summed E-state index contributed by atoms with van der Waals surface area (Å²) < 4.78 is 7.50. The van der Waals surface area contributed by atoms with E-state index in [1.54, 1.807) is 31.4 Å². The third-order valence-corrected chi connectivity index (χ3v) is 6.18. The molecule has 1 heterocycles. The Labute approximate surface area is 202 Å². The van der Waals surface area contributed by atoms with Crippen LogP contribution in [0.15, 0.2) is 78.0 Å². The molecule has 34 heavy (non-hydrogen) atoms. The number of thioether (sulfide) groups is 1. The first-order valence-electron chi connectivity index (χ1n) is 10.7. The van der Waals surface area contributed by atoms with Crippen molar-refractivity contribution in [1.29, 1.82) is 0 Å². The maximum absolute atomic E-state index is 12.6. The van der Waals surface area contributed by atoms with Gasteiger partial charge in [-0.05, 0) is 55.8 Å². The van der Waals surface area contributed by atoms with Crippen LogP contribution >= 0.6 is 11.8 Å². The molecule has 1 aromatic heterocycles. The van der Waals surface area contributed by atoms with Crippen molar-refractivity contribution in [3.8, 4) is 22.8 Å². The number of ether oxygens (including phenoxy) is 1. The van der Waals surface area contributed by atoms with Gasteiger partial charge in [-0.15, -0.1) is 10.2 Å². The minimum Gasteiger partial charge on any atom is -0.495 e. The Kier molecular flexibility index (Phi) is 7.08. The molecule has 0 unspecified atom stereocenters. The number of ketones is 1. The highest BCUT2D eigenvalue weighted by molar-refractivity contribution is 7.99. The maximum atomic E-state index is 12.6. The number of nitrogens with one attached hydrogen (secondary N) is 1. The van der Waals surface area contributed by atoms with Crippen molar-refractivity contribution in [2.75, 3.05) is 18.2 Å². The Balaban J connectivity index is 1.61. The SMILES string of the molecule is COc1ccccc1-n1c(SCC(=O)Nc2ccc(C(C)=O)cc2)nnc1-c1ccccc1C. The molecule has 8 heteroatoms. The number of aromatic nitrogens is 3. The molecule has 0 aliphatic heterocycles. The molecule has 0 fully saturated rings. The molecule has 0 saturated carbocycles. The number of benzene rings is 3. The number of hydrogen-bond acceptors (Lipinski definition) is 6. The van der Waals surface area contributed by atoms with Crippen molar-refractivity contribution in [2.45, 2.75) is 19.0 Å². The Morgan fingerprint density at radius 3 is 2.38 bits per heavy atom. The minimum atomic E-state index is -0.187. The lowest BCUT2D eigenvalue weighted by atomic mass is 10.1. The average Bonchev–Trinajstić information content (AvgIpc) is 3.26. The number of rotatable bonds is 8. The molecule has 0 saturated heterocycles. The number of para-hydroxylation sites is 2. The van der Waals surface area contributed by atoms with Gasteiger partial charge in [0.1, 0.15) is 5.75 Å². The van der Waals surface area contributed by atoms with Crippen LogP contribution in [0.25, 0.3) is 17.1 Å². The number of hydrogen-bond donors (Lipinski definition) is 1. The molecule has 0 bridgehead atoms. The zero-order valence-electron chi connectivity index (χ0n) is 19.1. The van der Waals surface area contributed by atoms with E-state index in [-0.39, 0.29) is 17.4 Å². The van der Waals surface area contributed by atoms with Crippen LogP contribution in [0.3, 0.4) is 0 Å². The van der Waals surface area contributed by atoms with Crippen LogP contribution in [-0.4, -0.2) is 39.3 Å². The predicted molar refractivity (Wildman–Crippen MR) is 134 cm³/mol. The average molecular weight is 473 g/mol. The van der Waals surface area contributed by atoms with Gasteiger partial charge in [-0.2, -0.15) is 0 Å². The summed E-state index contributed by atoms with van der Waals surface area (Å²) in [6, 6.07) is 22.4. The smallest absolute Gasteiger partial charge is 0.234 e. The molecule has 0 aliphatic rings. The molecule has 4 aromatic rings. The van der Waals surface area contributed by atoms with Crippen molar-refractivity contribution < 1.29 is 14.3 Å². The van der Waals surface area contributed by atoms with Crippen molar-refractivity contribution in [3.63, 3.8) is 0 Å². The third kappa shape index (κ3) is 5.02. The summed E-state index contributed by atoms with van der Waals surface area (Å²) in [7, 11) is 1.62. The molecule has 1 N–H and O–H groups in total. The number of anilines is 1. The van der Waals surface area contributed by atoms with Gasteiger partial charge in [0, 0.05) is 16.8 Å². The summed E-state index contributed by atoms with van der Waals surface area (Å²) in [6.45, 7) is 3.53. The van der Waals surface area contributed by atoms with Crippen LogP contribution in [0.1, 0.15) is 22.8 Å². The van der Waals surface area contributed by atoms with E-state index in [9.17, 15) is 9.59 Å². The van der Waals surface area contributed by atoms with Crippen molar-refractivity contribution in [2.24, 2.45) is 0 Å². The molecule has 3 aromatic carbocycles. The van der Waals surface area contributed by atoms with Crippen molar-refractivity contribution in [3.05, 3.63) is 83.9 Å². The largest absolute Gasteiger partial charge is 0.495 e. The molecule has 0 aliphatic carbocycles. The van der Waals surface area contributed by atoms with Gasteiger partial charge in [0.05, 0.1) is 18.6 Å². The normalized spacial score (nSPS) is 10.7. The van der Waals surface area contributed by atoms with Gasteiger partial charge in [-0.3, -0.25) is 14.2 Å². The van der Waals surface area contributed by atoms with Crippen molar-refractivity contribution in [1.82, 2.24) is 14.8 Å². The minimum absolute atomic E-state index is 0.0198. The Morgan fingerprint density at radius 1 is 0.971 bits per heavy atom. The number of aryl methyl sites for hydroxylation is 1. The van der Waals surface area contributed by atoms with E-state index in [4.69, 9.17) is 4.74 Å². The zero-order valence-corrected chi connectivity index (χ0v) is 19.9. The van der Waals surface area contributed by atoms with Gasteiger partial charge in [-0.1, -0.05) is 48.2 Å². The summed E-state index contributed by atoms with van der Waals surface area (Å²) in [6.07, 6.45) is 0. The van der Waals surface area contributed by atoms with E-state index >= 15 is 0 Å².